The van der Waals surface area contributed by atoms with Crippen molar-refractivity contribution < 1.29 is 13.2 Å². The lowest BCUT2D eigenvalue weighted by atomic mass is 9.99. The van der Waals surface area contributed by atoms with Crippen LogP contribution in [-0.2, 0) is 14.6 Å². The summed E-state index contributed by atoms with van der Waals surface area (Å²) < 4.78 is 23.0. The monoisotopic (exact) mass is 411 g/mol. The van der Waals surface area contributed by atoms with Gasteiger partial charge in [-0.25, -0.2) is 8.42 Å². The molecule has 1 heterocycles. The molecule has 1 aliphatic rings. The Labute approximate surface area is 162 Å². The summed E-state index contributed by atoms with van der Waals surface area (Å²) in [4.78, 5) is 14.2. The van der Waals surface area contributed by atoms with Crippen LogP contribution in [0.25, 0.3) is 0 Å². The van der Waals surface area contributed by atoms with Crippen molar-refractivity contribution in [3.63, 3.8) is 0 Å². The van der Waals surface area contributed by atoms with E-state index in [1.54, 1.807) is 0 Å². The highest BCUT2D eigenvalue weighted by molar-refractivity contribution is 7.91. The van der Waals surface area contributed by atoms with E-state index in [2.05, 4.69) is 5.32 Å². The third kappa shape index (κ3) is 6.66. The Hall–Kier alpha value is -1.02. The van der Waals surface area contributed by atoms with Crippen molar-refractivity contribution in [3.05, 3.63) is 24.3 Å². The molecule has 2 unspecified atom stereocenters. The number of nitrogens with two attached hydrogens (primary N) is 1. The largest absolute Gasteiger partial charge is 0.369 e. The lowest BCUT2D eigenvalue weighted by molar-refractivity contribution is -0.118. The highest BCUT2D eigenvalue weighted by Gasteiger charge is 2.22. The fourth-order valence-corrected chi connectivity index (χ4v) is 3.69. The number of hydrogen-bond donors (Lipinski definition) is 2. The molecule has 0 aliphatic carbocycles. The summed E-state index contributed by atoms with van der Waals surface area (Å²) in [5.41, 5.74) is 7.53. The molecule has 2 rings (SSSR count). The van der Waals surface area contributed by atoms with Crippen molar-refractivity contribution in [2.75, 3.05) is 34.8 Å². The highest BCUT2D eigenvalue weighted by atomic mass is 35.5. The van der Waals surface area contributed by atoms with Crippen LogP contribution in [0.4, 0.5) is 11.4 Å². The average Bonchev–Trinajstić information content (AvgIpc) is 2.53. The second-order valence-electron chi connectivity index (χ2n) is 6.09. The first-order valence-corrected chi connectivity index (χ1v) is 9.76. The van der Waals surface area contributed by atoms with Gasteiger partial charge < -0.3 is 16.0 Å². The number of anilines is 2. The fourth-order valence-electron chi connectivity index (χ4n) is 2.49. The van der Waals surface area contributed by atoms with Crippen LogP contribution < -0.4 is 16.0 Å². The predicted octanol–water partition coefficient (Wildman–Crippen LogP) is 2.08. The van der Waals surface area contributed by atoms with Crippen molar-refractivity contribution in [2.24, 2.45) is 11.7 Å². The quantitative estimate of drug-likeness (QED) is 0.773. The summed E-state index contributed by atoms with van der Waals surface area (Å²) >= 11 is 0. The van der Waals surface area contributed by atoms with Gasteiger partial charge in [0.1, 0.15) is 0 Å². The van der Waals surface area contributed by atoms with E-state index >= 15 is 0 Å². The first-order chi connectivity index (χ1) is 10.8. The standard InChI is InChI=1S/C16H25N3O3S.2ClH/c1-3-12(2)15(17)16(20)18-13-5-4-6-14(11-13)19-7-9-23(21,22)10-8-19;;/h4-6,11-12,15H,3,7-10,17H2,1-2H3,(H,18,20);2*1H. The zero-order chi connectivity index (χ0) is 17.0. The zero-order valence-electron chi connectivity index (χ0n) is 14.5. The number of carbonyl (C=O) groups excluding carboxylic acids is 1. The molecule has 1 aromatic rings. The van der Waals surface area contributed by atoms with Crippen LogP contribution in [-0.4, -0.2) is 45.0 Å². The predicted molar refractivity (Wildman–Crippen MR) is 108 cm³/mol. The van der Waals surface area contributed by atoms with Crippen LogP contribution in [0, 0.1) is 5.92 Å². The van der Waals surface area contributed by atoms with E-state index in [1.165, 1.54) is 0 Å². The first-order valence-electron chi connectivity index (χ1n) is 7.94. The van der Waals surface area contributed by atoms with Gasteiger partial charge in [-0.05, 0) is 24.1 Å². The molecule has 1 saturated heterocycles. The summed E-state index contributed by atoms with van der Waals surface area (Å²) in [5.74, 6) is 0.258. The fraction of sp³-hybridized carbons (Fsp3) is 0.562. The Balaban J connectivity index is 0.00000288. The van der Waals surface area contributed by atoms with Crippen molar-refractivity contribution in [1.82, 2.24) is 0 Å². The van der Waals surface area contributed by atoms with Gasteiger partial charge in [-0.15, -0.1) is 24.8 Å². The van der Waals surface area contributed by atoms with Crippen molar-refractivity contribution >= 4 is 51.9 Å². The van der Waals surface area contributed by atoms with Gasteiger partial charge >= 0.3 is 0 Å². The van der Waals surface area contributed by atoms with Crippen LogP contribution in [0.2, 0.25) is 0 Å². The van der Waals surface area contributed by atoms with Gasteiger partial charge in [0.05, 0.1) is 17.5 Å². The molecule has 1 aliphatic heterocycles. The van der Waals surface area contributed by atoms with E-state index in [9.17, 15) is 13.2 Å². The first kappa shape index (κ1) is 24.0. The molecule has 0 saturated carbocycles. The van der Waals surface area contributed by atoms with Crippen LogP contribution in [0.5, 0.6) is 0 Å². The Morgan fingerprint density at radius 2 is 1.88 bits per heavy atom. The van der Waals surface area contributed by atoms with E-state index < -0.39 is 15.9 Å². The SMILES string of the molecule is CCC(C)C(N)C(=O)Nc1cccc(N2CCS(=O)(=O)CC2)c1.Cl.Cl. The molecule has 9 heteroatoms. The summed E-state index contributed by atoms with van der Waals surface area (Å²) in [7, 11) is -2.90. The van der Waals surface area contributed by atoms with Gasteiger partial charge in [-0.2, -0.15) is 0 Å². The molecule has 1 aromatic carbocycles. The molecule has 25 heavy (non-hydrogen) atoms. The molecular weight excluding hydrogens is 385 g/mol. The van der Waals surface area contributed by atoms with Gasteiger partial charge in [0.25, 0.3) is 0 Å². The van der Waals surface area contributed by atoms with Crippen LogP contribution in [0.15, 0.2) is 24.3 Å². The molecule has 0 bridgehead atoms. The Bertz CT molecular complexity index is 656. The normalized spacial score (nSPS) is 18.3. The van der Waals surface area contributed by atoms with Gasteiger partial charge in [-0.1, -0.05) is 26.3 Å². The summed E-state index contributed by atoms with van der Waals surface area (Å²) in [6.45, 7) is 4.91. The van der Waals surface area contributed by atoms with E-state index in [1.807, 2.05) is 43.0 Å². The number of halogens is 2. The molecule has 0 radical (unpaired) electrons. The lowest BCUT2D eigenvalue weighted by Gasteiger charge is -2.29. The molecule has 1 amide bonds. The van der Waals surface area contributed by atoms with E-state index in [0.717, 1.165) is 12.1 Å². The Morgan fingerprint density at radius 3 is 2.44 bits per heavy atom. The third-order valence-corrected chi connectivity index (χ3v) is 5.99. The molecular formula is C16H27Cl2N3O3S. The van der Waals surface area contributed by atoms with Crippen molar-refractivity contribution in [3.8, 4) is 0 Å². The molecule has 0 spiro atoms. The minimum Gasteiger partial charge on any atom is -0.369 e. The number of hydrogen-bond acceptors (Lipinski definition) is 5. The van der Waals surface area contributed by atoms with E-state index in [0.29, 0.717) is 18.8 Å². The van der Waals surface area contributed by atoms with Crippen LogP contribution >= 0.6 is 24.8 Å². The van der Waals surface area contributed by atoms with Crippen molar-refractivity contribution in [2.45, 2.75) is 26.3 Å². The molecule has 6 nitrogen and oxygen atoms in total. The van der Waals surface area contributed by atoms with Gasteiger partial charge in [0.15, 0.2) is 9.84 Å². The third-order valence-electron chi connectivity index (χ3n) is 4.38. The zero-order valence-corrected chi connectivity index (χ0v) is 16.9. The van der Waals surface area contributed by atoms with Crippen LogP contribution in [0.3, 0.4) is 0 Å². The Kier molecular flexibility index (Phi) is 9.79. The number of amides is 1. The summed E-state index contributed by atoms with van der Waals surface area (Å²) in [5, 5.41) is 2.84. The number of rotatable bonds is 5. The minimum absolute atomic E-state index is 0. The lowest BCUT2D eigenvalue weighted by Crippen LogP contribution is -2.41. The van der Waals surface area contributed by atoms with E-state index in [-0.39, 0.29) is 48.1 Å². The van der Waals surface area contributed by atoms with E-state index in [4.69, 9.17) is 5.73 Å². The number of nitrogens with zero attached hydrogens (tertiary/aromatic N) is 1. The minimum atomic E-state index is -2.90. The van der Waals surface area contributed by atoms with Gasteiger partial charge in [0, 0.05) is 24.5 Å². The highest BCUT2D eigenvalue weighted by Crippen LogP contribution is 2.22. The summed E-state index contributed by atoms with van der Waals surface area (Å²) in [6.07, 6.45) is 0.844. The summed E-state index contributed by atoms with van der Waals surface area (Å²) in [6, 6.07) is 6.90. The second-order valence-corrected chi connectivity index (χ2v) is 8.39. The maximum Gasteiger partial charge on any atom is 0.241 e. The number of carbonyl (C=O) groups is 1. The Morgan fingerprint density at radius 1 is 1.28 bits per heavy atom. The van der Waals surface area contributed by atoms with Crippen molar-refractivity contribution in [1.29, 1.82) is 0 Å². The molecule has 3 N–H and O–H groups in total. The number of nitrogens with one attached hydrogen (secondary N) is 1. The maximum atomic E-state index is 12.2. The smallest absolute Gasteiger partial charge is 0.241 e. The number of benzene rings is 1. The average molecular weight is 412 g/mol. The second kappa shape index (κ2) is 10.2. The topological polar surface area (TPSA) is 92.5 Å². The van der Waals surface area contributed by atoms with Gasteiger partial charge in [0.2, 0.25) is 5.91 Å². The molecule has 2 atom stereocenters. The van der Waals surface area contributed by atoms with Crippen LogP contribution in [0.1, 0.15) is 20.3 Å². The molecule has 144 valence electrons. The maximum absolute atomic E-state index is 12.2. The molecule has 0 aromatic heterocycles. The molecule has 1 fully saturated rings. The van der Waals surface area contributed by atoms with Gasteiger partial charge in [-0.3, -0.25) is 4.79 Å². The number of sulfone groups is 1.